The summed E-state index contributed by atoms with van der Waals surface area (Å²) in [6, 6.07) is 10.2. The van der Waals surface area contributed by atoms with E-state index in [4.69, 9.17) is 0 Å². The van der Waals surface area contributed by atoms with Crippen molar-refractivity contribution in [2.75, 3.05) is 0 Å². The van der Waals surface area contributed by atoms with Crippen LogP contribution < -0.4 is 0 Å². The zero-order chi connectivity index (χ0) is 5.82. The van der Waals surface area contributed by atoms with E-state index in [9.17, 15) is 0 Å². The van der Waals surface area contributed by atoms with Crippen molar-refractivity contribution in [3.8, 4) is 0 Å². The molecule has 0 saturated carbocycles. The van der Waals surface area contributed by atoms with Crippen molar-refractivity contribution in [3.05, 3.63) is 40.3 Å². The van der Waals surface area contributed by atoms with Crippen LogP contribution in [-0.4, -0.2) is 0 Å². The van der Waals surface area contributed by atoms with Crippen LogP contribution in [-0.2, 0) is 0 Å². The molecule has 41 valence electrons. The van der Waals surface area contributed by atoms with Crippen LogP contribution in [0.15, 0.2) is 30.3 Å². The molecule has 0 spiro atoms. The van der Waals surface area contributed by atoms with Crippen LogP contribution in [0.4, 0.5) is 0 Å². The molecule has 1 radical (unpaired) electrons. The molecule has 0 heterocycles. The molecular formula is C7H6I. The molecule has 1 rings (SSSR count). The predicted molar refractivity (Wildman–Crippen MR) is 43.9 cm³/mol. The first kappa shape index (κ1) is 6.08. The Morgan fingerprint density at radius 1 is 1.12 bits per heavy atom. The summed E-state index contributed by atoms with van der Waals surface area (Å²) < 4.78 is 2.05. The van der Waals surface area contributed by atoms with Crippen LogP contribution in [0, 0.1) is 4.43 Å². The molecule has 0 atom stereocenters. The summed E-state index contributed by atoms with van der Waals surface area (Å²) in [5.74, 6) is 0. The number of rotatable bonds is 1. The van der Waals surface area contributed by atoms with Gasteiger partial charge in [0.05, 0.1) is 4.43 Å². The average Bonchev–Trinajstić information content (AvgIpc) is 1.90. The van der Waals surface area contributed by atoms with E-state index in [-0.39, 0.29) is 0 Å². The third-order valence-electron chi connectivity index (χ3n) is 0.926. The lowest BCUT2D eigenvalue weighted by atomic mass is 10.2. The zero-order valence-electron chi connectivity index (χ0n) is 4.34. The lowest BCUT2D eigenvalue weighted by Crippen LogP contribution is -1.68. The summed E-state index contributed by atoms with van der Waals surface area (Å²) in [4.78, 5) is 0. The van der Waals surface area contributed by atoms with E-state index in [0.717, 1.165) is 0 Å². The molecule has 0 bridgehead atoms. The van der Waals surface area contributed by atoms with E-state index in [1.165, 1.54) is 5.56 Å². The predicted octanol–water partition coefficient (Wildman–Crippen LogP) is 2.63. The van der Waals surface area contributed by atoms with Gasteiger partial charge in [-0.25, -0.2) is 0 Å². The lowest BCUT2D eigenvalue weighted by molar-refractivity contribution is 1.61. The summed E-state index contributed by atoms with van der Waals surface area (Å²) in [5, 5.41) is 0. The van der Waals surface area contributed by atoms with Gasteiger partial charge in [0.1, 0.15) is 0 Å². The van der Waals surface area contributed by atoms with Crippen molar-refractivity contribution in [1.29, 1.82) is 0 Å². The van der Waals surface area contributed by atoms with E-state index in [2.05, 4.69) is 39.2 Å². The molecule has 0 aliphatic heterocycles. The Kier molecular flexibility index (Phi) is 2.33. The fourth-order valence-corrected chi connectivity index (χ4v) is 0.941. The fourth-order valence-electron chi connectivity index (χ4n) is 0.526. The molecular weight excluding hydrogens is 211 g/mol. The first-order valence-electron chi connectivity index (χ1n) is 2.42. The maximum Gasteiger partial charge on any atom is 0.0518 e. The van der Waals surface area contributed by atoms with Crippen LogP contribution in [0.3, 0.4) is 0 Å². The van der Waals surface area contributed by atoms with E-state index in [1.807, 2.05) is 18.2 Å². The van der Waals surface area contributed by atoms with Crippen molar-refractivity contribution in [2.24, 2.45) is 0 Å². The molecule has 1 aromatic rings. The topological polar surface area (TPSA) is 0 Å². The van der Waals surface area contributed by atoms with E-state index >= 15 is 0 Å². The third-order valence-corrected chi connectivity index (χ3v) is 1.64. The van der Waals surface area contributed by atoms with Gasteiger partial charge in [-0.3, -0.25) is 0 Å². The smallest absolute Gasteiger partial charge is 0.0518 e. The molecule has 0 aromatic heterocycles. The van der Waals surface area contributed by atoms with Crippen molar-refractivity contribution < 1.29 is 0 Å². The molecule has 0 aliphatic carbocycles. The minimum atomic E-state index is 1.27. The molecule has 0 N–H and O–H groups in total. The second kappa shape index (κ2) is 3.07. The highest BCUT2D eigenvalue weighted by molar-refractivity contribution is 14.1. The van der Waals surface area contributed by atoms with Crippen LogP contribution in [0.1, 0.15) is 5.56 Å². The minimum Gasteiger partial charge on any atom is -0.0759 e. The second-order valence-corrected chi connectivity index (χ2v) is 2.14. The number of hydrogen-bond acceptors (Lipinski definition) is 0. The van der Waals surface area contributed by atoms with Crippen molar-refractivity contribution in [3.63, 3.8) is 0 Å². The van der Waals surface area contributed by atoms with Gasteiger partial charge in [0, 0.05) is 0 Å². The van der Waals surface area contributed by atoms with E-state index in [0.29, 0.717) is 0 Å². The molecule has 8 heavy (non-hydrogen) atoms. The zero-order valence-corrected chi connectivity index (χ0v) is 6.50. The van der Waals surface area contributed by atoms with Crippen molar-refractivity contribution in [1.82, 2.24) is 0 Å². The van der Waals surface area contributed by atoms with Crippen LogP contribution in [0.2, 0.25) is 0 Å². The highest BCUT2D eigenvalue weighted by Crippen LogP contribution is 2.05. The summed E-state index contributed by atoms with van der Waals surface area (Å²) in [5.41, 5.74) is 1.27. The highest BCUT2D eigenvalue weighted by atomic mass is 127. The highest BCUT2D eigenvalue weighted by Gasteiger charge is 1.81. The van der Waals surface area contributed by atoms with Crippen molar-refractivity contribution in [2.45, 2.75) is 0 Å². The van der Waals surface area contributed by atoms with Gasteiger partial charge in [0.2, 0.25) is 0 Å². The Morgan fingerprint density at radius 3 is 2.12 bits per heavy atom. The van der Waals surface area contributed by atoms with Gasteiger partial charge in [-0.1, -0.05) is 52.9 Å². The Morgan fingerprint density at radius 2 is 1.75 bits per heavy atom. The Balaban J connectivity index is 2.83. The maximum absolute atomic E-state index is 2.23. The largest absolute Gasteiger partial charge is 0.0759 e. The monoisotopic (exact) mass is 217 g/mol. The average molecular weight is 217 g/mol. The number of hydrogen-bond donors (Lipinski definition) is 0. The summed E-state index contributed by atoms with van der Waals surface area (Å²) in [6.45, 7) is 0. The van der Waals surface area contributed by atoms with Gasteiger partial charge in [-0.05, 0) is 5.56 Å². The summed E-state index contributed by atoms with van der Waals surface area (Å²) in [6.07, 6.45) is 0. The van der Waals surface area contributed by atoms with Crippen LogP contribution in [0.25, 0.3) is 0 Å². The third kappa shape index (κ3) is 1.47. The van der Waals surface area contributed by atoms with Crippen molar-refractivity contribution >= 4 is 22.6 Å². The lowest BCUT2D eigenvalue weighted by Gasteiger charge is -1.87. The summed E-state index contributed by atoms with van der Waals surface area (Å²) in [7, 11) is 0. The maximum atomic E-state index is 2.23. The van der Waals surface area contributed by atoms with Gasteiger partial charge < -0.3 is 0 Å². The fraction of sp³-hybridized carbons (Fsp3) is 0. The second-order valence-electron chi connectivity index (χ2n) is 1.52. The normalized spacial score (nSPS) is 9.12. The van der Waals surface area contributed by atoms with Gasteiger partial charge in [-0.2, -0.15) is 0 Å². The molecule has 0 unspecified atom stereocenters. The Hall–Kier alpha value is -0.0500. The SMILES string of the molecule is I[CH]c1ccccc1. The first-order chi connectivity index (χ1) is 3.93. The van der Waals surface area contributed by atoms with Gasteiger partial charge in [-0.15, -0.1) is 0 Å². The molecule has 0 saturated heterocycles. The summed E-state index contributed by atoms with van der Waals surface area (Å²) >= 11 is 2.23. The number of benzene rings is 1. The van der Waals surface area contributed by atoms with E-state index < -0.39 is 0 Å². The van der Waals surface area contributed by atoms with Gasteiger partial charge in [0.15, 0.2) is 0 Å². The van der Waals surface area contributed by atoms with Gasteiger partial charge in [0.25, 0.3) is 0 Å². The molecule has 1 aromatic carbocycles. The minimum absolute atomic E-state index is 1.27. The standard InChI is InChI=1S/C7H6I/c8-6-7-4-2-1-3-5-7/h1-6H. The molecule has 1 heteroatoms. The molecule has 0 fully saturated rings. The number of halogens is 1. The first-order valence-corrected chi connectivity index (χ1v) is 3.66. The Labute approximate surface area is 63.1 Å². The van der Waals surface area contributed by atoms with Gasteiger partial charge >= 0.3 is 0 Å². The quantitative estimate of drug-likeness (QED) is 0.634. The van der Waals surface area contributed by atoms with Crippen LogP contribution in [0.5, 0.6) is 0 Å². The molecule has 0 amide bonds. The Bertz CT molecular complexity index is 146. The molecule has 0 aliphatic rings. The van der Waals surface area contributed by atoms with E-state index in [1.54, 1.807) is 0 Å². The van der Waals surface area contributed by atoms with Crippen LogP contribution >= 0.6 is 22.6 Å². The molecule has 0 nitrogen and oxygen atoms in total.